The van der Waals surface area contributed by atoms with E-state index in [-0.39, 0.29) is 35.1 Å². The van der Waals surface area contributed by atoms with Crippen LogP contribution in [0.5, 0.6) is 5.75 Å². The minimum atomic E-state index is -1.13. The van der Waals surface area contributed by atoms with Crippen LogP contribution in [0.3, 0.4) is 0 Å². The lowest BCUT2D eigenvalue weighted by atomic mass is 9.77. The molecule has 0 saturated carbocycles. The molecule has 1 aromatic carbocycles. The van der Waals surface area contributed by atoms with Crippen LogP contribution in [-0.2, 0) is 9.59 Å². The van der Waals surface area contributed by atoms with Gasteiger partial charge in [0.25, 0.3) is 0 Å². The molecule has 1 saturated heterocycles. The van der Waals surface area contributed by atoms with Gasteiger partial charge in [-0.1, -0.05) is 6.92 Å². The quantitative estimate of drug-likeness (QED) is 0.404. The first-order chi connectivity index (χ1) is 14.5. The first kappa shape index (κ1) is 23.0. The van der Waals surface area contributed by atoms with E-state index in [1.807, 2.05) is 18.9 Å². The number of phenolic OH excluding ortho intramolecular Hbond substituents is 1. The third kappa shape index (κ3) is 4.22. The molecule has 0 aliphatic carbocycles. The van der Waals surface area contributed by atoms with Crippen molar-refractivity contribution in [2.75, 3.05) is 20.1 Å². The van der Waals surface area contributed by atoms with Crippen LogP contribution in [-0.4, -0.2) is 75.1 Å². The average molecular weight is 431 g/mol. The topological polar surface area (TPSA) is 118 Å². The van der Waals surface area contributed by atoms with Crippen molar-refractivity contribution in [2.45, 2.75) is 45.8 Å². The molecule has 0 unspecified atom stereocenters. The van der Waals surface area contributed by atoms with Gasteiger partial charge < -0.3 is 25.1 Å². The van der Waals surface area contributed by atoms with Gasteiger partial charge in [-0.15, -0.1) is 0 Å². The predicted octanol–water partition coefficient (Wildman–Crippen LogP) is 1.79. The van der Waals surface area contributed by atoms with Crippen molar-refractivity contribution in [1.82, 2.24) is 9.80 Å². The summed E-state index contributed by atoms with van der Waals surface area (Å²) in [5, 5.41) is 29.2. The Morgan fingerprint density at radius 1 is 1.29 bits per heavy atom. The fraction of sp³-hybridized carbons (Fsp3) is 0.522. The number of carboxylic acid groups (broad SMARTS) is 1. The van der Waals surface area contributed by atoms with Crippen LogP contribution in [0.4, 0.5) is 0 Å². The smallest absolute Gasteiger partial charge is 0.352 e. The molecule has 8 nitrogen and oxygen atoms in total. The van der Waals surface area contributed by atoms with Crippen molar-refractivity contribution < 1.29 is 29.7 Å². The summed E-state index contributed by atoms with van der Waals surface area (Å²) in [6.45, 7) is 6.16. The number of ketones is 1. The van der Waals surface area contributed by atoms with Crippen LogP contribution >= 0.6 is 0 Å². The summed E-state index contributed by atoms with van der Waals surface area (Å²) in [5.41, 5.74) is 1.92. The van der Waals surface area contributed by atoms with Crippen molar-refractivity contribution in [3.05, 3.63) is 40.6 Å². The van der Waals surface area contributed by atoms with E-state index in [0.29, 0.717) is 42.6 Å². The number of phenols is 1. The number of aliphatic hydroxyl groups excluding tert-OH is 1. The highest BCUT2D eigenvalue weighted by Crippen LogP contribution is 2.47. The number of aromatic hydroxyl groups is 1. The number of carbonyl (C=O) groups excluding carboxylic acids is 2. The van der Waals surface area contributed by atoms with Gasteiger partial charge in [0.2, 0.25) is 5.91 Å². The molecule has 3 N–H and O–H groups in total. The maximum absolute atomic E-state index is 12.4. The summed E-state index contributed by atoms with van der Waals surface area (Å²) in [7, 11) is 1.86. The molecule has 2 aliphatic rings. The number of aryl methyl sites for hydroxylation is 1. The van der Waals surface area contributed by atoms with E-state index in [2.05, 4.69) is 0 Å². The number of Topliss-reactive ketones (excluding diaryl/α,β-unsaturated/α-hetero) is 1. The summed E-state index contributed by atoms with van der Waals surface area (Å²) in [6, 6.07) is 4.48. The zero-order valence-electron chi connectivity index (χ0n) is 18.3. The van der Waals surface area contributed by atoms with Crippen LogP contribution in [0.2, 0.25) is 0 Å². The Balaban J connectivity index is 1.61. The number of β-lactam (4-membered cyclic amide) rings is 1. The van der Waals surface area contributed by atoms with E-state index in [4.69, 9.17) is 0 Å². The minimum absolute atomic E-state index is 0.00861. The highest BCUT2D eigenvalue weighted by atomic mass is 16.4. The fourth-order valence-electron chi connectivity index (χ4n) is 4.71. The van der Waals surface area contributed by atoms with Gasteiger partial charge in [0, 0.05) is 24.4 Å². The van der Waals surface area contributed by atoms with Crippen LogP contribution in [0.1, 0.15) is 42.6 Å². The lowest BCUT2D eigenvalue weighted by Crippen LogP contribution is -2.63. The minimum Gasteiger partial charge on any atom is -0.508 e. The summed E-state index contributed by atoms with van der Waals surface area (Å²) < 4.78 is 0. The van der Waals surface area contributed by atoms with Crippen molar-refractivity contribution in [3.8, 4) is 5.75 Å². The zero-order chi connectivity index (χ0) is 23.0. The van der Waals surface area contributed by atoms with Gasteiger partial charge >= 0.3 is 5.97 Å². The maximum Gasteiger partial charge on any atom is 0.352 e. The maximum atomic E-state index is 12.4. The normalized spacial score (nSPS) is 23.7. The monoisotopic (exact) mass is 430 g/mol. The highest BCUT2D eigenvalue weighted by molar-refractivity contribution is 6.00. The Morgan fingerprint density at radius 2 is 1.97 bits per heavy atom. The molecule has 2 aliphatic heterocycles. The summed E-state index contributed by atoms with van der Waals surface area (Å²) >= 11 is 0. The molecule has 0 bridgehead atoms. The van der Waals surface area contributed by atoms with E-state index in [0.717, 1.165) is 0 Å². The highest BCUT2D eigenvalue weighted by Gasteiger charge is 2.59. The molecular weight excluding hydrogens is 400 g/mol. The number of aliphatic carboxylic acids is 1. The second-order valence-electron chi connectivity index (χ2n) is 8.70. The zero-order valence-corrected chi connectivity index (χ0v) is 18.3. The van der Waals surface area contributed by atoms with Gasteiger partial charge in [0.1, 0.15) is 11.4 Å². The molecule has 0 aromatic heterocycles. The van der Waals surface area contributed by atoms with Crippen LogP contribution < -0.4 is 0 Å². The fourth-order valence-corrected chi connectivity index (χ4v) is 4.71. The number of aliphatic hydroxyl groups is 1. The molecule has 31 heavy (non-hydrogen) atoms. The third-order valence-electron chi connectivity index (χ3n) is 6.42. The standard InChI is InChI=1S/C23H30N2O6/c1-12-10-15(7-8-17(12)27)18(28)6-5-9-24(4)11-16-13(2)20-19(14(3)26)22(29)25(20)21(16)23(30)31/h7-8,10,13-14,19-20,26-27H,5-6,9,11H2,1-4H3,(H,30,31)/t13-,14+,19+,20+/m0/s1. The second kappa shape index (κ2) is 8.80. The number of benzene rings is 1. The first-order valence-electron chi connectivity index (χ1n) is 10.5. The summed E-state index contributed by atoms with van der Waals surface area (Å²) in [5.74, 6) is -2.05. The molecule has 0 spiro atoms. The molecule has 1 amide bonds. The first-order valence-corrected chi connectivity index (χ1v) is 10.5. The van der Waals surface area contributed by atoms with Crippen molar-refractivity contribution in [1.29, 1.82) is 0 Å². The van der Waals surface area contributed by atoms with E-state index in [9.17, 15) is 29.7 Å². The Hall–Kier alpha value is -2.71. The average Bonchev–Trinajstić information content (AvgIpc) is 2.92. The number of carbonyl (C=O) groups is 3. The number of rotatable bonds is 9. The van der Waals surface area contributed by atoms with Crippen LogP contribution in [0.25, 0.3) is 0 Å². The Kier molecular flexibility index (Phi) is 6.52. The third-order valence-corrected chi connectivity index (χ3v) is 6.42. The molecule has 1 aromatic rings. The summed E-state index contributed by atoms with van der Waals surface area (Å²) in [4.78, 5) is 40.0. The molecular formula is C23H30N2O6. The number of carboxylic acids is 1. The Bertz CT molecular complexity index is 938. The van der Waals surface area contributed by atoms with Crippen LogP contribution in [0, 0.1) is 18.8 Å². The SMILES string of the molecule is Cc1cc(C(=O)CCCN(C)CC2=C(C(=O)O)N3C(=O)[C@H]([C@@H](C)O)[C@H]3[C@H]2C)ccc1O. The van der Waals surface area contributed by atoms with Gasteiger partial charge in [0.15, 0.2) is 5.78 Å². The van der Waals surface area contributed by atoms with Gasteiger partial charge in [0.05, 0.1) is 18.1 Å². The molecule has 0 radical (unpaired) electrons. The Labute approximate surface area is 181 Å². The summed E-state index contributed by atoms with van der Waals surface area (Å²) in [6.07, 6.45) is 0.117. The van der Waals surface area contributed by atoms with Gasteiger partial charge in [-0.25, -0.2) is 4.79 Å². The Morgan fingerprint density at radius 3 is 2.55 bits per heavy atom. The molecule has 1 fully saturated rings. The number of amides is 1. The van der Waals surface area contributed by atoms with Gasteiger partial charge in [-0.3, -0.25) is 9.59 Å². The molecule has 3 rings (SSSR count). The van der Waals surface area contributed by atoms with Crippen molar-refractivity contribution >= 4 is 17.7 Å². The van der Waals surface area contributed by atoms with E-state index >= 15 is 0 Å². The number of likely N-dealkylation sites (N-methyl/N-ethyl adjacent to an activating group) is 1. The largest absolute Gasteiger partial charge is 0.508 e. The van der Waals surface area contributed by atoms with E-state index in [1.54, 1.807) is 26.0 Å². The molecule has 168 valence electrons. The molecule has 2 heterocycles. The number of hydrogen-bond donors (Lipinski definition) is 3. The number of nitrogens with zero attached hydrogens (tertiary/aromatic N) is 2. The molecule has 4 atom stereocenters. The van der Waals surface area contributed by atoms with E-state index < -0.39 is 18.0 Å². The number of hydrogen-bond acceptors (Lipinski definition) is 6. The van der Waals surface area contributed by atoms with E-state index in [1.165, 1.54) is 11.0 Å². The van der Waals surface area contributed by atoms with Crippen LogP contribution in [0.15, 0.2) is 29.5 Å². The van der Waals surface area contributed by atoms with Crippen molar-refractivity contribution in [2.24, 2.45) is 11.8 Å². The molecule has 8 heteroatoms. The predicted molar refractivity (Wildman–Crippen MR) is 114 cm³/mol. The second-order valence-corrected chi connectivity index (χ2v) is 8.70. The van der Waals surface area contributed by atoms with Gasteiger partial charge in [-0.2, -0.15) is 0 Å². The van der Waals surface area contributed by atoms with Crippen molar-refractivity contribution in [3.63, 3.8) is 0 Å². The number of fused-ring (bicyclic) bond motifs is 1. The lowest BCUT2D eigenvalue weighted by molar-refractivity contribution is -0.163. The van der Waals surface area contributed by atoms with Gasteiger partial charge in [-0.05, 0) is 63.2 Å². The lowest BCUT2D eigenvalue weighted by Gasteiger charge is -2.46.